The summed E-state index contributed by atoms with van der Waals surface area (Å²) in [5.74, 6) is 1.23. The highest BCUT2D eigenvalue weighted by molar-refractivity contribution is 6.07. The van der Waals surface area contributed by atoms with E-state index in [1.807, 2.05) is 6.07 Å². The van der Waals surface area contributed by atoms with E-state index in [0.717, 1.165) is 16.3 Å². The van der Waals surface area contributed by atoms with Gasteiger partial charge in [0, 0.05) is 16.8 Å². The standard InChI is InChI=1S/C12H11N3O3/c1-17-9-3-6-7-5-13-15-12(16)11(7)14-8(6)4-10(9)18-2/h3-5,14H,1-2H3,(H,15,16). The molecule has 0 fully saturated rings. The molecule has 2 aromatic heterocycles. The molecule has 0 atom stereocenters. The fourth-order valence-electron chi connectivity index (χ4n) is 2.07. The number of aromatic amines is 2. The van der Waals surface area contributed by atoms with E-state index in [1.165, 1.54) is 0 Å². The Labute approximate surface area is 102 Å². The van der Waals surface area contributed by atoms with Crippen LogP contribution in [0.5, 0.6) is 11.5 Å². The smallest absolute Gasteiger partial charge is 0.288 e. The maximum Gasteiger partial charge on any atom is 0.288 e. The lowest BCUT2D eigenvalue weighted by Crippen LogP contribution is -2.06. The molecule has 18 heavy (non-hydrogen) atoms. The molecular weight excluding hydrogens is 234 g/mol. The molecular formula is C12H11N3O3. The van der Waals surface area contributed by atoms with Gasteiger partial charge in [-0.25, -0.2) is 5.10 Å². The van der Waals surface area contributed by atoms with Gasteiger partial charge in [-0.05, 0) is 6.07 Å². The maximum absolute atomic E-state index is 11.6. The minimum Gasteiger partial charge on any atom is -0.493 e. The summed E-state index contributed by atoms with van der Waals surface area (Å²) in [6.07, 6.45) is 1.61. The van der Waals surface area contributed by atoms with E-state index in [0.29, 0.717) is 17.0 Å². The third-order valence-corrected chi connectivity index (χ3v) is 2.93. The predicted molar refractivity (Wildman–Crippen MR) is 67.3 cm³/mol. The fraction of sp³-hybridized carbons (Fsp3) is 0.167. The molecule has 92 valence electrons. The quantitative estimate of drug-likeness (QED) is 0.715. The summed E-state index contributed by atoms with van der Waals surface area (Å²) in [7, 11) is 3.14. The Morgan fingerprint density at radius 3 is 2.56 bits per heavy atom. The van der Waals surface area contributed by atoms with Gasteiger partial charge in [0.25, 0.3) is 5.56 Å². The fourth-order valence-corrected chi connectivity index (χ4v) is 2.07. The number of benzene rings is 1. The molecule has 6 nitrogen and oxygen atoms in total. The molecule has 6 heteroatoms. The summed E-state index contributed by atoms with van der Waals surface area (Å²) in [5.41, 5.74) is 1.05. The van der Waals surface area contributed by atoms with Crippen LogP contribution in [0, 0.1) is 0 Å². The van der Waals surface area contributed by atoms with Crippen molar-refractivity contribution >= 4 is 21.8 Å². The number of aromatic nitrogens is 3. The van der Waals surface area contributed by atoms with E-state index in [-0.39, 0.29) is 5.56 Å². The normalized spacial score (nSPS) is 11.0. The van der Waals surface area contributed by atoms with Crippen molar-refractivity contribution in [1.82, 2.24) is 15.2 Å². The van der Waals surface area contributed by atoms with E-state index >= 15 is 0 Å². The van der Waals surface area contributed by atoms with Crippen LogP contribution < -0.4 is 15.0 Å². The van der Waals surface area contributed by atoms with Gasteiger partial charge in [-0.15, -0.1) is 0 Å². The first-order valence-electron chi connectivity index (χ1n) is 5.35. The van der Waals surface area contributed by atoms with Crippen molar-refractivity contribution < 1.29 is 9.47 Å². The minimum atomic E-state index is -0.248. The zero-order valence-corrected chi connectivity index (χ0v) is 9.90. The first kappa shape index (κ1) is 10.6. The van der Waals surface area contributed by atoms with Gasteiger partial charge in [0.2, 0.25) is 0 Å². The molecule has 0 radical (unpaired) electrons. The summed E-state index contributed by atoms with van der Waals surface area (Å²) in [6.45, 7) is 0. The Kier molecular flexibility index (Phi) is 2.22. The third kappa shape index (κ3) is 1.35. The molecule has 3 aromatic rings. The second-order valence-corrected chi connectivity index (χ2v) is 3.87. The molecule has 0 saturated carbocycles. The van der Waals surface area contributed by atoms with Crippen molar-refractivity contribution in [3.8, 4) is 11.5 Å². The highest BCUT2D eigenvalue weighted by Crippen LogP contribution is 2.34. The minimum absolute atomic E-state index is 0.248. The van der Waals surface area contributed by atoms with E-state index in [4.69, 9.17) is 9.47 Å². The van der Waals surface area contributed by atoms with E-state index in [2.05, 4.69) is 15.2 Å². The average molecular weight is 245 g/mol. The lowest BCUT2D eigenvalue weighted by molar-refractivity contribution is 0.356. The Bertz CT molecular complexity index is 788. The van der Waals surface area contributed by atoms with E-state index < -0.39 is 0 Å². The molecule has 0 unspecified atom stereocenters. The largest absolute Gasteiger partial charge is 0.493 e. The van der Waals surface area contributed by atoms with Crippen molar-refractivity contribution in [2.45, 2.75) is 0 Å². The van der Waals surface area contributed by atoms with Crippen LogP contribution >= 0.6 is 0 Å². The van der Waals surface area contributed by atoms with Crippen LogP contribution in [0.4, 0.5) is 0 Å². The molecule has 0 saturated heterocycles. The van der Waals surface area contributed by atoms with Gasteiger partial charge in [0.05, 0.1) is 25.9 Å². The second kappa shape index (κ2) is 3.76. The summed E-state index contributed by atoms with van der Waals surface area (Å²) >= 11 is 0. The zero-order valence-electron chi connectivity index (χ0n) is 9.90. The van der Waals surface area contributed by atoms with Gasteiger partial charge in [-0.2, -0.15) is 5.10 Å². The Morgan fingerprint density at radius 1 is 1.11 bits per heavy atom. The molecule has 1 aromatic carbocycles. The number of rotatable bonds is 2. The molecule has 0 bridgehead atoms. The molecule has 3 rings (SSSR count). The third-order valence-electron chi connectivity index (χ3n) is 2.93. The van der Waals surface area contributed by atoms with Crippen LogP contribution in [0.15, 0.2) is 23.1 Å². The SMILES string of the molecule is COc1cc2[nH]c3c(=O)[nH]ncc3c2cc1OC. The number of fused-ring (bicyclic) bond motifs is 3. The van der Waals surface area contributed by atoms with Gasteiger partial charge >= 0.3 is 0 Å². The highest BCUT2D eigenvalue weighted by Gasteiger charge is 2.12. The van der Waals surface area contributed by atoms with Crippen molar-refractivity contribution in [2.24, 2.45) is 0 Å². The molecule has 0 amide bonds. The Balaban J connectivity index is 2.47. The molecule has 2 heterocycles. The summed E-state index contributed by atoms with van der Waals surface area (Å²) < 4.78 is 10.5. The van der Waals surface area contributed by atoms with Crippen LogP contribution in [0.25, 0.3) is 21.8 Å². The lowest BCUT2D eigenvalue weighted by atomic mass is 10.2. The number of nitrogens with one attached hydrogen (secondary N) is 2. The topological polar surface area (TPSA) is 80.0 Å². The Morgan fingerprint density at radius 2 is 1.83 bits per heavy atom. The van der Waals surface area contributed by atoms with Crippen LogP contribution in [0.2, 0.25) is 0 Å². The van der Waals surface area contributed by atoms with Gasteiger partial charge in [-0.1, -0.05) is 0 Å². The lowest BCUT2D eigenvalue weighted by Gasteiger charge is -2.06. The van der Waals surface area contributed by atoms with Crippen LogP contribution in [0.1, 0.15) is 0 Å². The van der Waals surface area contributed by atoms with Gasteiger partial charge < -0.3 is 14.5 Å². The van der Waals surface area contributed by atoms with E-state index in [1.54, 1.807) is 26.5 Å². The first-order chi connectivity index (χ1) is 8.74. The predicted octanol–water partition coefficient (Wildman–Crippen LogP) is 1.42. The van der Waals surface area contributed by atoms with Gasteiger partial charge in [-0.3, -0.25) is 4.79 Å². The van der Waals surface area contributed by atoms with Crippen molar-refractivity contribution in [3.05, 3.63) is 28.7 Å². The number of ether oxygens (including phenoxy) is 2. The number of H-pyrrole nitrogens is 2. The molecule has 0 aliphatic carbocycles. The van der Waals surface area contributed by atoms with E-state index in [9.17, 15) is 4.79 Å². The average Bonchev–Trinajstić information content (AvgIpc) is 2.76. The molecule has 0 aliphatic rings. The van der Waals surface area contributed by atoms with Crippen molar-refractivity contribution in [2.75, 3.05) is 14.2 Å². The van der Waals surface area contributed by atoms with Gasteiger partial charge in [0.15, 0.2) is 11.5 Å². The monoisotopic (exact) mass is 245 g/mol. The Hall–Kier alpha value is -2.50. The molecule has 2 N–H and O–H groups in total. The maximum atomic E-state index is 11.6. The summed E-state index contributed by atoms with van der Waals surface area (Å²) in [6, 6.07) is 3.63. The zero-order chi connectivity index (χ0) is 12.7. The van der Waals surface area contributed by atoms with Crippen molar-refractivity contribution in [1.29, 1.82) is 0 Å². The van der Waals surface area contributed by atoms with Crippen molar-refractivity contribution in [3.63, 3.8) is 0 Å². The summed E-state index contributed by atoms with van der Waals surface area (Å²) in [5, 5.41) is 7.83. The summed E-state index contributed by atoms with van der Waals surface area (Å²) in [4.78, 5) is 14.7. The molecule has 0 aliphatic heterocycles. The van der Waals surface area contributed by atoms with Crippen LogP contribution in [0.3, 0.4) is 0 Å². The van der Waals surface area contributed by atoms with Gasteiger partial charge in [0.1, 0.15) is 5.52 Å². The number of nitrogens with zero attached hydrogens (tertiary/aromatic N) is 1. The number of hydrogen-bond acceptors (Lipinski definition) is 4. The second-order valence-electron chi connectivity index (χ2n) is 3.87. The highest BCUT2D eigenvalue weighted by atomic mass is 16.5. The van der Waals surface area contributed by atoms with Crippen LogP contribution in [-0.2, 0) is 0 Å². The van der Waals surface area contributed by atoms with Crippen LogP contribution in [-0.4, -0.2) is 29.4 Å². The number of methoxy groups -OCH3 is 2. The molecule has 0 spiro atoms. The first-order valence-corrected chi connectivity index (χ1v) is 5.35. The number of hydrogen-bond donors (Lipinski definition) is 2.